The maximum absolute atomic E-state index is 10.5. The largest absolute Gasteiger partial charge is 0.507 e. The van der Waals surface area contributed by atoms with Gasteiger partial charge in [0.25, 0.3) is 0 Å². The summed E-state index contributed by atoms with van der Waals surface area (Å²) in [7, 11) is 0. The van der Waals surface area contributed by atoms with Crippen LogP contribution < -0.4 is 0 Å². The van der Waals surface area contributed by atoms with E-state index in [4.69, 9.17) is 0 Å². The summed E-state index contributed by atoms with van der Waals surface area (Å²) < 4.78 is 0. The van der Waals surface area contributed by atoms with Gasteiger partial charge in [0.05, 0.1) is 0 Å². The fourth-order valence-electron chi connectivity index (χ4n) is 2.99. The molecule has 0 amide bonds. The van der Waals surface area contributed by atoms with Crippen molar-refractivity contribution in [3.05, 3.63) is 78.1 Å². The molecule has 167 valence electrons. The second-order valence-corrected chi connectivity index (χ2v) is 10.7. The van der Waals surface area contributed by atoms with E-state index in [0.717, 1.165) is 23.1 Å². The summed E-state index contributed by atoms with van der Waals surface area (Å²) in [6, 6.07) is 12.6. The van der Waals surface area contributed by atoms with Crippen LogP contribution in [0.4, 0.5) is 0 Å². The third-order valence-corrected chi connectivity index (χ3v) is 4.89. The van der Waals surface area contributed by atoms with E-state index in [1.54, 1.807) is 0 Å². The number of hydrogen-bond acceptors (Lipinski definition) is 1. The van der Waals surface area contributed by atoms with E-state index < -0.39 is 0 Å². The van der Waals surface area contributed by atoms with Crippen molar-refractivity contribution < 1.29 is 37.8 Å². The molecule has 1 N–H and O–H groups in total. The first kappa shape index (κ1) is 31.4. The maximum Gasteiger partial charge on any atom is 0.123 e. The molecule has 0 saturated carbocycles. The van der Waals surface area contributed by atoms with Crippen LogP contribution in [0.15, 0.2) is 36.4 Å². The van der Waals surface area contributed by atoms with E-state index in [1.165, 1.54) is 11.1 Å². The molecule has 0 aliphatic carbocycles. The first-order chi connectivity index (χ1) is 12.6. The van der Waals surface area contributed by atoms with Crippen molar-refractivity contribution in [1.82, 2.24) is 0 Å². The van der Waals surface area contributed by atoms with E-state index in [2.05, 4.69) is 113 Å². The molecule has 0 aliphatic rings. The summed E-state index contributed by atoms with van der Waals surface area (Å²) in [5.41, 5.74) is 5.84. The summed E-state index contributed by atoms with van der Waals surface area (Å²) in [5.74, 6) is 0.446. The second-order valence-electron chi connectivity index (χ2n) is 10.7. The second kappa shape index (κ2) is 11.7. The fraction of sp³-hybridized carbons (Fsp3) is 0.500. The SMILES string of the molecule is C.[CH2-]Cc1cc(C(C)(C)C)c(O)c(C(C)(C)C)c1.[CH2-]c1ccc(C(C)(C)C)cc1.[Y]. The molecule has 0 saturated heterocycles. The van der Waals surface area contributed by atoms with Gasteiger partial charge in [-0.25, -0.2) is 0 Å². The zero-order valence-corrected chi connectivity index (χ0v) is 22.9. The molecule has 0 spiro atoms. The molecule has 30 heavy (non-hydrogen) atoms. The van der Waals surface area contributed by atoms with Gasteiger partial charge in [0.1, 0.15) is 5.75 Å². The number of rotatable bonds is 1. The molecule has 0 aromatic heterocycles. The average Bonchev–Trinajstić information content (AvgIpc) is 2.53. The third-order valence-electron chi connectivity index (χ3n) is 4.89. The van der Waals surface area contributed by atoms with Crippen LogP contribution in [0.1, 0.15) is 97.6 Å². The molecular weight excluding hydrogens is 441 g/mol. The van der Waals surface area contributed by atoms with Crippen molar-refractivity contribution in [1.29, 1.82) is 0 Å². The van der Waals surface area contributed by atoms with Crippen molar-refractivity contribution in [3.8, 4) is 5.75 Å². The molecule has 2 aromatic rings. The molecule has 2 heteroatoms. The van der Waals surface area contributed by atoms with Crippen molar-refractivity contribution >= 4 is 0 Å². The number of phenols is 1. The molecule has 0 bridgehead atoms. The van der Waals surface area contributed by atoms with Gasteiger partial charge < -0.3 is 12.0 Å². The number of aromatic hydroxyl groups is 1. The van der Waals surface area contributed by atoms with E-state index in [1.807, 2.05) is 0 Å². The molecule has 1 nitrogen and oxygen atoms in total. The molecule has 0 unspecified atom stereocenters. The quantitative estimate of drug-likeness (QED) is 0.404. The van der Waals surface area contributed by atoms with Crippen molar-refractivity contribution in [2.45, 2.75) is 92.4 Å². The molecule has 0 heterocycles. The van der Waals surface area contributed by atoms with Crippen LogP contribution in [0.2, 0.25) is 0 Å². The Bertz CT molecular complexity index is 731. The van der Waals surface area contributed by atoms with Gasteiger partial charge in [-0.15, -0.1) is 12.1 Å². The smallest absolute Gasteiger partial charge is 0.123 e. The molecular formula is C28H44OY-2. The molecule has 0 atom stereocenters. The summed E-state index contributed by atoms with van der Waals surface area (Å²) >= 11 is 0. The first-order valence-electron chi connectivity index (χ1n) is 10.2. The van der Waals surface area contributed by atoms with Crippen molar-refractivity contribution in [2.24, 2.45) is 0 Å². The van der Waals surface area contributed by atoms with E-state index in [0.29, 0.717) is 5.75 Å². The minimum absolute atomic E-state index is 0. The van der Waals surface area contributed by atoms with Crippen LogP contribution in [-0.2, 0) is 55.4 Å². The van der Waals surface area contributed by atoms with Gasteiger partial charge in [-0.2, -0.15) is 31.0 Å². The van der Waals surface area contributed by atoms with E-state index in [9.17, 15) is 5.11 Å². The van der Waals surface area contributed by atoms with Crippen LogP contribution in [0, 0.1) is 13.8 Å². The summed E-state index contributed by atoms with van der Waals surface area (Å²) in [6.45, 7) is 27.2. The maximum atomic E-state index is 10.5. The third kappa shape index (κ3) is 9.15. The molecule has 0 aliphatic heterocycles. The minimum atomic E-state index is -0.0464. The average molecular weight is 486 g/mol. The van der Waals surface area contributed by atoms with Gasteiger partial charge in [-0.1, -0.05) is 93.0 Å². The Labute approximate surface area is 213 Å². The van der Waals surface area contributed by atoms with Gasteiger partial charge >= 0.3 is 0 Å². The van der Waals surface area contributed by atoms with E-state index >= 15 is 0 Å². The molecule has 0 fully saturated rings. The summed E-state index contributed by atoms with van der Waals surface area (Å²) in [6.07, 6.45) is 0.756. The topological polar surface area (TPSA) is 20.2 Å². The Kier molecular flexibility index (Phi) is 12.3. The normalized spacial score (nSPS) is 11.5. The van der Waals surface area contributed by atoms with Gasteiger partial charge in [0, 0.05) is 32.7 Å². The number of phenolic OH excluding ortho intramolecular Hbond substituents is 1. The van der Waals surface area contributed by atoms with Crippen LogP contribution in [0.25, 0.3) is 0 Å². The Morgan fingerprint density at radius 2 is 1.10 bits per heavy atom. The predicted octanol–water partition coefficient (Wildman–Crippen LogP) is 8.16. The molecule has 1 radical (unpaired) electrons. The van der Waals surface area contributed by atoms with Crippen LogP contribution >= 0.6 is 0 Å². The zero-order valence-electron chi connectivity index (χ0n) is 20.1. The van der Waals surface area contributed by atoms with Crippen molar-refractivity contribution in [3.63, 3.8) is 0 Å². The minimum Gasteiger partial charge on any atom is -0.507 e. The van der Waals surface area contributed by atoms with Crippen LogP contribution in [-0.4, -0.2) is 5.11 Å². The number of hydrogen-bond donors (Lipinski definition) is 1. The standard InChI is InChI=1S/C16H25O.C11H15.CH4.Y/c1-8-11-9-12(15(2,3)4)14(17)13(10-11)16(5,6)7;1-9-5-7-10(8-6-9)11(2,3)4;;/h9-10,17H,1,8H2,2-7H3;5-8H,1H2,2-4H3;1H4;/q2*-1;;. The molecule has 2 aromatic carbocycles. The van der Waals surface area contributed by atoms with Crippen molar-refractivity contribution in [2.75, 3.05) is 0 Å². The number of benzene rings is 2. The van der Waals surface area contributed by atoms with Gasteiger partial charge in [-0.3, -0.25) is 0 Å². The van der Waals surface area contributed by atoms with Crippen LogP contribution in [0.5, 0.6) is 5.75 Å². The predicted molar refractivity (Wildman–Crippen MR) is 131 cm³/mol. The van der Waals surface area contributed by atoms with E-state index in [-0.39, 0.29) is 56.4 Å². The summed E-state index contributed by atoms with van der Waals surface area (Å²) in [5, 5.41) is 10.5. The zero-order chi connectivity index (χ0) is 21.9. The Balaban J connectivity index is 0. The Hall–Kier alpha value is -0.786. The van der Waals surface area contributed by atoms with Crippen LogP contribution in [0.3, 0.4) is 0 Å². The first-order valence-corrected chi connectivity index (χ1v) is 10.2. The summed E-state index contributed by atoms with van der Waals surface area (Å²) in [4.78, 5) is 0. The molecule has 2 rings (SSSR count). The fourth-order valence-corrected chi connectivity index (χ4v) is 2.99. The van der Waals surface area contributed by atoms with Gasteiger partial charge in [0.2, 0.25) is 0 Å². The monoisotopic (exact) mass is 485 g/mol. The Morgan fingerprint density at radius 3 is 1.37 bits per heavy atom. The van der Waals surface area contributed by atoms with Gasteiger partial charge in [0.15, 0.2) is 0 Å². The Morgan fingerprint density at radius 1 is 0.733 bits per heavy atom. The van der Waals surface area contributed by atoms with Gasteiger partial charge in [-0.05, 0) is 27.4 Å².